The summed E-state index contributed by atoms with van der Waals surface area (Å²) in [6, 6.07) is 15.6. The lowest BCUT2D eigenvalue weighted by molar-refractivity contribution is -0.192. The molecule has 2 heterocycles. The van der Waals surface area contributed by atoms with Crippen LogP contribution >= 0.6 is 11.3 Å². The molecule has 10 heteroatoms. The van der Waals surface area contributed by atoms with Crippen molar-refractivity contribution in [3.63, 3.8) is 0 Å². The highest BCUT2D eigenvalue weighted by molar-refractivity contribution is 7.13. The van der Waals surface area contributed by atoms with E-state index in [9.17, 15) is 18.4 Å². The number of aliphatic carboxylic acids is 1. The average molecular weight is 421 g/mol. The van der Waals surface area contributed by atoms with E-state index in [0.717, 1.165) is 27.4 Å². The predicted octanol–water partition coefficient (Wildman–Crippen LogP) is 4.57. The minimum Gasteiger partial charge on any atom is -0.497 e. The van der Waals surface area contributed by atoms with E-state index in [4.69, 9.17) is 20.4 Å². The molecule has 0 saturated carbocycles. The van der Waals surface area contributed by atoms with E-state index < -0.39 is 12.1 Å². The monoisotopic (exact) mass is 421 g/mol. The highest BCUT2D eigenvalue weighted by atomic mass is 32.1. The number of ether oxygens (including phenoxy) is 1. The van der Waals surface area contributed by atoms with E-state index in [1.54, 1.807) is 18.4 Å². The topological polar surface area (TPSA) is 109 Å². The quantitative estimate of drug-likeness (QED) is 0.641. The molecule has 3 rings (SSSR count). The zero-order valence-corrected chi connectivity index (χ0v) is 15.7. The van der Waals surface area contributed by atoms with Gasteiger partial charge in [0.25, 0.3) is 0 Å². The highest BCUT2D eigenvalue weighted by Crippen LogP contribution is 2.33. The van der Waals surface area contributed by atoms with Crippen LogP contribution < -0.4 is 10.5 Å². The van der Waals surface area contributed by atoms with Crippen LogP contribution in [0.5, 0.6) is 5.75 Å². The van der Waals surface area contributed by atoms with E-state index in [-0.39, 0.29) is 5.82 Å². The molecule has 0 atom stereocenters. The fourth-order valence-corrected chi connectivity index (χ4v) is 2.97. The normalized spacial score (nSPS) is 10.4. The molecule has 3 aromatic rings. The number of nitrogens with two attached hydrogens (primary N) is 1. The molecule has 0 aliphatic rings. The van der Waals surface area contributed by atoms with Gasteiger partial charge in [0.05, 0.1) is 12.8 Å². The molecule has 0 fully saturated rings. The number of benzene rings is 1. The summed E-state index contributed by atoms with van der Waals surface area (Å²) in [5, 5.41) is 18.4. The third kappa shape index (κ3) is 5.46. The molecule has 0 aliphatic carbocycles. The number of nitriles is 1. The fourth-order valence-electron chi connectivity index (χ4n) is 2.22. The van der Waals surface area contributed by atoms with Gasteiger partial charge in [0, 0.05) is 16.0 Å². The number of anilines is 1. The van der Waals surface area contributed by atoms with Crippen molar-refractivity contribution in [1.82, 2.24) is 4.98 Å². The van der Waals surface area contributed by atoms with Gasteiger partial charge >= 0.3 is 12.1 Å². The second-order valence-electron chi connectivity index (χ2n) is 5.44. The molecular formula is C19H14F3N3O3S. The maximum Gasteiger partial charge on any atom is 0.490 e. The van der Waals surface area contributed by atoms with E-state index in [2.05, 4.69) is 11.1 Å². The Balaban J connectivity index is 0.000000370. The SMILES string of the molecule is COc1ccc(-c2cc(-c3cccs3)c(C#N)c(N)n2)cc1.O=C(O)C(F)(F)F. The van der Waals surface area contributed by atoms with Crippen LogP contribution in [0.15, 0.2) is 47.8 Å². The molecule has 0 spiro atoms. The first-order chi connectivity index (χ1) is 13.7. The van der Waals surface area contributed by atoms with Crippen molar-refractivity contribution in [1.29, 1.82) is 5.26 Å². The van der Waals surface area contributed by atoms with Crippen molar-refractivity contribution in [2.75, 3.05) is 12.8 Å². The van der Waals surface area contributed by atoms with Crippen LogP contribution in [0.1, 0.15) is 5.56 Å². The minimum atomic E-state index is -5.08. The van der Waals surface area contributed by atoms with Gasteiger partial charge in [-0.3, -0.25) is 0 Å². The lowest BCUT2D eigenvalue weighted by atomic mass is 10.0. The summed E-state index contributed by atoms with van der Waals surface area (Å²) in [5.41, 5.74) is 8.87. The number of carboxylic acids is 1. The van der Waals surface area contributed by atoms with Crippen molar-refractivity contribution in [3.8, 4) is 33.5 Å². The number of aromatic nitrogens is 1. The Morgan fingerprint density at radius 1 is 1.28 bits per heavy atom. The predicted molar refractivity (Wildman–Crippen MR) is 102 cm³/mol. The molecule has 6 nitrogen and oxygen atoms in total. The molecule has 29 heavy (non-hydrogen) atoms. The van der Waals surface area contributed by atoms with Gasteiger partial charge in [-0.2, -0.15) is 18.4 Å². The molecule has 3 N–H and O–H groups in total. The molecule has 150 valence electrons. The van der Waals surface area contributed by atoms with Crippen LogP contribution in [0, 0.1) is 11.3 Å². The number of hydrogen-bond acceptors (Lipinski definition) is 6. The second kappa shape index (κ2) is 9.07. The van der Waals surface area contributed by atoms with E-state index in [1.165, 1.54) is 0 Å². The molecule has 0 bridgehead atoms. The standard InChI is InChI=1S/C17H13N3OS.C2HF3O2/c1-21-12-6-4-11(5-7-12)15-9-13(16-3-2-8-22-16)14(10-18)17(19)20-15;3-2(4,5)1(6)7/h2-9H,1H3,(H2,19,20);(H,6,7). The van der Waals surface area contributed by atoms with Gasteiger partial charge in [-0.25, -0.2) is 9.78 Å². The lowest BCUT2D eigenvalue weighted by Gasteiger charge is -2.09. The number of carboxylic acid groups (broad SMARTS) is 1. The maximum atomic E-state index is 10.6. The van der Waals surface area contributed by atoms with Gasteiger partial charge in [-0.1, -0.05) is 6.07 Å². The van der Waals surface area contributed by atoms with Gasteiger partial charge in [0.1, 0.15) is 23.2 Å². The lowest BCUT2D eigenvalue weighted by Crippen LogP contribution is -2.21. The zero-order chi connectivity index (χ0) is 21.6. The summed E-state index contributed by atoms with van der Waals surface area (Å²) in [6.45, 7) is 0. The number of nitrogen functional groups attached to an aromatic ring is 1. The first-order valence-corrected chi connectivity index (χ1v) is 8.74. The smallest absolute Gasteiger partial charge is 0.490 e. The van der Waals surface area contributed by atoms with Gasteiger partial charge in [0.15, 0.2) is 0 Å². The summed E-state index contributed by atoms with van der Waals surface area (Å²) >= 11 is 1.57. The Morgan fingerprint density at radius 3 is 2.34 bits per heavy atom. The number of methoxy groups -OCH3 is 1. The highest BCUT2D eigenvalue weighted by Gasteiger charge is 2.38. The average Bonchev–Trinajstić information content (AvgIpc) is 3.22. The minimum absolute atomic E-state index is 0.249. The van der Waals surface area contributed by atoms with E-state index in [1.807, 2.05) is 47.8 Å². The summed E-state index contributed by atoms with van der Waals surface area (Å²) in [5.74, 6) is -1.73. The first-order valence-electron chi connectivity index (χ1n) is 7.86. The van der Waals surface area contributed by atoms with Gasteiger partial charge < -0.3 is 15.6 Å². The van der Waals surface area contributed by atoms with Crippen LogP contribution in [-0.2, 0) is 4.79 Å². The van der Waals surface area contributed by atoms with E-state index in [0.29, 0.717) is 5.56 Å². The molecule has 0 radical (unpaired) electrons. The van der Waals surface area contributed by atoms with Crippen LogP contribution in [0.3, 0.4) is 0 Å². The summed E-state index contributed by atoms with van der Waals surface area (Å²) in [6.07, 6.45) is -5.08. The van der Waals surface area contributed by atoms with Gasteiger partial charge in [0.2, 0.25) is 0 Å². The zero-order valence-electron chi connectivity index (χ0n) is 14.9. The number of alkyl halides is 3. The maximum absolute atomic E-state index is 10.6. The number of halogens is 3. The van der Waals surface area contributed by atoms with Crippen molar-refractivity contribution in [2.45, 2.75) is 6.18 Å². The van der Waals surface area contributed by atoms with Crippen LogP contribution in [0.4, 0.5) is 19.0 Å². The Morgan fingerprint density at radius 2 is 1.90 bits per heavy atom. The number of thiophene rings is 1. The number of carbonyl (C=O) groups is 1. The first kappa shape index (κ1) is 21.7. The third-order valence-corrected chi connectivity index (χ3v) is 4.48. The van der Waals surface area contributed by atoms with Crippen LogP contribution in [0.25, 0.3) is 21.7 Å². The van der Waals surface area contributed by atoms with E-state index >= 15 is 0 Å². The fraction of sp³-hybridized carbons (Fsp3) is 0.105. The van der Waals surface area contributed by atoms with Crippen molar-refractivity contribution < 1.29 is 27.8 Å². The van der Waals surface area contributed by atoms with Crippen LogP contribution in [-0.4, -0.2) is 29.3 Å². The Bertz CT molecular complexity index is 1030. The molecule has 0 unspecified atom stereocenters. The van der Waals surface area contributed by atoms with Crippen molar-refractivity contribution >= 4 is 23.1 Å². The van der Waals surface area contributed by atoms with Gasteiger partial charge in [-0.05, 0) is 41.8 Å². The Hall–Kier alpha value is -3.58. The largest absolute Gasteiger partial charge is 0.497 e. The number of nitrogens with zero attached hydrogens (tertiary/aromatic N) is 2. The molecule has 0 aliphatic heterocycles. The Labute approximate surface area is 167 Å². The molecule has 2 aromatic heterocycles. The molecule has 0 amide bonds. The molecule has 0 saturated heterocycles. The summed E-state index contributed by atoms with van der Waals surface area (Å²) in [4.78, 5) is 14.3. The molecular weight excluding hydrogens is 407 g/mol. The van der Waals surface area contributed by atoms with Crippen molar-refractivity contribution in [3.05, 3.63) is 53.4 Å². The third-order valence-electron chi connectivity index (χ3n) is 3.57. The van der Waals surface area contributed by atoms with Crippen molar-refractivity contribution in [2.24, 2.45) is 0 Å². The summed E-state index contributed by atoms with van der Waals surface area (Å²) < 4.78 is 36.9. The second-order valence-corrected chi connectivity index (χ2v) is 6.38. The van der Waals surface area contributed by atoms with Gasteiger partial charge in [-0.15, -0.1) is 11.3 Å². The number of hydrogen-bond donors (Lipinski definition) is 2. The Kier molecular flexibility index (Phi) is 6.80. The number of pyridine rings is 1. The molecule has 1 aromatic carbocycles. The summed E-state index contributed by atoms with van der Waals surface area (Å²) in [7, 11) is 1.63. The van der Waals surface area contributed by atoms with Crippen LogP contribution in [0.2, 0.25) is 0 Å². The number of rotatable bonds is 3.